The van der Waals surface area contributed by atoms with Gasteiger partial charge < -0.3 is 5.32 Å². The Kier molecular flexibility index (Phi) is 8.84. The molecule has 0 radical (unpaired) electrons. The second-order valence-corrected chi connectivity index (χ2v) is 10.4. The first-order chi connectivity index (χ1) is 17.1. The summed E-state index contributed by atoms with van der Waals surface area (Å²) in [7, 11) is -3.69. The van der Waals surface area contributed by atoms with Crippen LogP contribution in [0.2, 0.25) is 5.02 Å². The number of nitrogens with zero attached hydrogens (tertiary/aromatic N) is 2. The summed E-state index contributed by atoms with van der Waals surface area (Å²) in [5.74, 6) is -0.907. The Bertz CT molecular complexity index is 1390. The van der Waals surface area contributed by atoms with Crippen molar-refractivity contribution in [1.82, 2.24) is 5.43 Å². The van der Waals surface area contributed by atoms with E-state index >= 15 is 0 Å². The minimum Gasteiger partial charge on any atom is -0.322 e. The van der Waals surface area contributed by atoms with E-state index in [1.807, 2.05) is 19.1 Å². The summed E-state index contributed by atoms with van der Waals surface area (Å²) >= 11 is 5.96. The number of halogens is 1. The highest BCUT2D eigenvalue weighted by atomic mass is 35.5. The van der Waals surface area contributed by atoms with E-state index in [4.69, 9.17) is 11.6 Å². The van der Waals surface area contributed by atoms with Gasteiger partial charge >= 0.3 is 0 Å². The molecule has 188 valence electrons. The number of carbonyl (C=O) groups is 2. The summed E-state index contributed by atoms with van der Waals surface area (Å²) in [6.07, 6.45) is 1.87. The van der Waals surface area contributed by atoms with Crippen molar-refractivity contribution < 1.29 is 18.0 Å². The molecule has 0 atom stereocenters. The first kappa shape index (κ1) is 26.9. The minimum atomic E-state index is -3.69. The van der Waals surface area contributed by atoms with Crippen molar-refractivity contribution in [2.45, 2.75) is 20.3 Å². The molecule has 3 rings (SSSR count). The third kappa shape index (κ3) is 7.40. The second-order valence-electron chi connectivity index (χ2n) is 8.07. The molecule has 0 fully saturated rings. The van der Waals surface area contributed by atoms with Gasteiger partial charge in [-0.1, -0.05) is 48.9 Å². The van der Waals surface area contributed by atoms with Crippen molar-refractivity contribution in [3.63, 3.8) is 0 Å². The van der Waals surface area contributed by atoms with Crippen LogP contribution in [0, 0.1) is 0 Å². The van der Waals surface area contributed by atoms with Crippen molar-refractivity contribution in [3.8, 4) is 0 Å². The van der Waals surface area contributed by atoms with E-state index < -0.39 is 22.5 Å². The molecule has 0 saturated heterocycles. The second kappa shape index (κ2) is 11.8. The zero-order valence-electron chi connectivity index (χ0n) is 20.2. The van der Waals surface area contributed by atoms with Crippen LogP contribution in [-0.2, 0) is 21.2 Å². The van der Waals surface area contributed by atoms with E-state index in [9.17, 15) is 18.0 Å². The van der Waals surface area contributed by atoms with Gasteiger partial charge in [-0.2, -0.15) is 5.10 Å². The molecule has 0 aliphatic heterocycles. The van der Waals surface area contributed by atoms with Gasteiger partial charge in [0.1, 0.15) is 6.54 Å². The first-order valence-electron chi connectivity index (χ1n) is 11.1. The van der Waals surface area contributed by atoms with Gasteiger partial charge in [0.25, 0.3) is 11.8 Å². The predicted molar refractivity (Wildman–Crippen MR) is 144 cm³/mol. The van der Waals surface area contributed by atoms with Crippen molar-refractivity contribution in [1.29, 1.82) is 0 Å². The predicted octanol–water partition coefficient (Wildman–Crippen LogP) is 4.46. The molecule has 0 aliphatic rings. The van der Waals surface area contributed by atoms with Gasteiger partial charge in [0.2, 0.25) is 10.0 Å². The number of hydrogen-bond acceptors (Lipinski definition) is 5. The summed E-state index contributed by atoms with van der Waals surface area (Å²) in [4.78, 5) is 25.0. The van der Waals surface area contributed by atoms with Crippen LogP contribution in [-0.4, -0.2) is 38.7 Å². The Hall–Kier alpha value is -3.69. The molecular formula is C26H27ClN4O4S. The average Bonchev–Trinajstić information content (AvgIpc) is 2.85. The molecule has 8 nitrogen and oxygen atoms in total. The third-order valence-corrected chi connectivity index (χ3v) is 6.67. The molecule has 0 spiro atoms. The Balaban J connectivity index is 1.68. The summed E-state index contributed by atoms with van der Waals surface area (Å²) in [5.41, 5.74) is 5.96. The fourth-order valence-electron chi connectivity index (χ4n) is 3.33. The lowest BCUT2D eigenvalue weighted by molar-refractivity contribution is -0.119. The van der Waals surface area contributed by atoms with Gasteiger partial charge in [0.05, 0.1) is 17.7 Å². The number of amides is 2. The summed E-state index contributed by atoms with van der Waals surface area (Å²) in [5, 5.41) is 7.37. The van der Waals surface area contributed by atoms with E-state index in [1.54, 1.807) is 67.6 Å². The maximum absolute atomic E-state index is 12.5. The van der Waals surface area contributed by atoms with Crippen molar-refractivity contribution in [3.05, 3.63) is 94.5 Å². The van der Waals surface area contributed by atoms with Gasteiger partial charge in [-0.25, -0.2) is 13.8 Å². The zero-order chi connectivity index (χ0) is 26.3. The quantitative estimate of drug-likeness (QED) is 0.317. The fourth-order valence-corrected chi connectivity index (χ4v) is 4.38. The molecule has 0 saturated carbocycles. The fraction of sp³-hybridized carbons (Fsp3) is 0.192. The number of hydrogen-bond donors (Lipinski definition) is 2. The number of hydrazone groups is 1. The molecule has 3 aromatic carbocycles. The zero-order valence-corrected chi connectivity index (χ0v) is 21.7. The number of anilines is 2. The van der Waals surface area contributed by atoms with Crippen molar-refractivity contribution >= 4 is 50.5 Å². The molecule has 0 aliphatic carbocycles. The Morgan fingerprint density at radius 1 is 0.972 bits per heavy atom. The van der Waals surface area contributed by atoms with E-state index in [2.05, 4.69) is 15.8 Å². The van der Waals surface area contributed by atoms with E-state index in [0.717, 1.165) is 22.5 Å². The lowest BCUT2D eigenvalue weighted by atomic mass is 10.1. The molecule has 2 N–H and O–H groups in total. The molecule has 0 heterocycles. The number of nitrogens with one attached hydrogen (secondary N) is 2. The van der Waals surface area contributed by atoms with E-state index in [1.165, 1.54) is 0 Å². The number of benzene rings is 3. The maximum atomic E-state index is 12.5. The van der Waals surface area contributed by atoms with Crippen LogP contribution in [0.15, 0.2) is 77.9 Å². The van der Waals surface area contributed by atoms with Crippen LogP contribution in [0.1, 0.15) is 35.3 Å². The molecule has 10 heteroatoms. The molecule has 0 bridgehead atoms. The van der Waals surface area contributed by atoms with Gasteiger partial charge in [-0.3, -0.25) is 13.9 Å². The normalized spacial score (nSPS) is 11.6. The lowest BCUT2D eigenvalue weighted by Gasteiger charge is -2.21. The molecule has 36 heavy (non-hydrogen) atoms. The number of aryl methyl sites for hydroxylation is 1. The topological polar surface area (TPSA) is 108 Å². The minimum absolute atomic E-state index is 0.314. The summed E-state index contributed by atoms with van der Waals surface area (Å²) in [6.45, 7) is 3.27. The number of sulfonamides is 1. The molecular weight excluding hydrogens is 500 g/mol. The molecule has 0 aromatic heterocycles. The van der Waals surface area contributed by atoms with E-state index in [-0.39, 0.29) is 5.91 Å². The smallest absolute Gasteiger partial charge is 0.260 e. The van der Waals surface area contributed by atoms with Gasteiger partial charge in [-0.15, -0.1) is 0 Å². The van der Waals surface area contributed by atoms with E-state index in [0.29, 0.717) is 33.2 Å². The van der Waals surface area contributed by atoms with Crippen molar-refractivity contribution in [2.75, 3.05) is 22.4 Å². The SMILES string of the molecule is CCc1ccc(N(CC(=O)N/N=C(/C)c2cccc(NC(=O)c3cccc(Cl)c3)c2)S(C)(=O)=O)cc1. The van der Waals surface area contributed by atoms with Crippen LogP contribution in [0.5, 0.6) is 0 Å². The third-order valence-electron chi connectivity index (χ3n) is 5.29. The number of rotatable bonds is 9. The average molecular weight is 527 g/mol. The Morgan fingerprint density at radius 2 is 1.64 bits per heavy atom. The highest BCUT2D eigenvalue weighted by Gasteiger charge is 2.20. The first-order valence-corrected chi connectivity index (χ1v) is 13.4. The molecule has 0 unspecified atom stereocenters. The largest absolute Gasteiger partial charge is 0.322 e. The standard InChI is InChI=1S/C26H27ClN4O4S/c1-4-19-11-13-24(14-12-19)31(36(3,34)35)17-25(32)30-29-18(2)20-7-6-10-23(16-20)28-26(33)21-8-5-9-22(27)15-21/h5-16H,4,17H2,1-3H3,(H,28,33)(H,30,32)/b29-18-. The van der Waals surface area contributed by atoms with Crippen molar-refractivity contribution in [2.24, 2.45) is 5.10 Å². The van der Waals surface area contributed by atoms with Crippen LogP contribution < -0.4 is 15.0 Å². The molecule has 3 aromatic rings. The number of carbonyl (C=O) groups excluding carboxylic acids is 2. The van der Waals surface area contributed by atoms with Gasteiger partial charge in [0, 0.05) is 16.3 Å². The van der Waals surface area contributed by atoms with Gasteiger partial charge in [-0.05, 0) is 66.9 Å². The monoisotopic (exact) mass is 526 g/mol. The summed E-state index contributed by atoms with van der Waals surface area (Å²) in [6, 6.07) is 20.6. The highest BCUT2D eigenvalue weighted by molar-refractivity contribution is 7.92. The maximum Gasteiger partial charge on any atom is 0.260 e. The van der Waals surface area contributed by atoms with Crippen LogP contribution in [0.3, 0.4) is 0 Å². The van der Waals surface area contributed by atoms with Crippen LogP contribution in [0.25, 0.3) is 0 Å². The lowest BCUT2D eigenvalue weighted by Crippen LogP contribution is -2.39. The van der Waals surface area contributed by atoms with Gasteiger partial charge in [0.15, 0.2) is 0 Å². The Morgan fingerprint density at radius 3 is 2.28 bits per heavy atom. The summed E-state index contributed by atoms with van der Waals surface area (Å²) < 4.78 is 25.6. The van der Waals surface area contributed by atoms with Crippen LogP contribution >= 0.6 is 11.6 Å². The van der Waals surface area contributed by atoms with Crippen LogP contribution in [0.4, 0.5) is 11.4 Å². The highest BCUT2D eigenvalue weighted by Crippen LogP contribution is 2.19. The Labute approximate surface area is 216 Å². The molecule has 2 amide bonds.